The molecular weight excluding hydrogens is 420 g/mol. The second-order valence-electron chi connectivity index (χ2n) is 8.24. The lowest BCUT2D eigenvalue weighted by Crippen LogP contribution is -2.52. The molecule has 2 aliphatic heterocycles. The molecule has 1 fully saturated rings. The number of carbonyl (C=O) groups is 3. The molecule has 0 aliphatic carbocycles. The van der Waals surface area contributed by atoms with Gasteiger partial charge in [0.05, 0.1) is 19.3 Å². The summed E-state index contributed by atoms with van der Waals surface area (Å²) >= 11 is 0. The van der Waals surface area contributed by atoms with Gasteiger partial charge in [0.25, 0.3) is 11.8 Å². The molecule has 5 rings (SSSR count). The van der Waals surface area contributed by atoms with Crippen LogP contribution in [0.15, 0.2) is 60.8 Å². The molecule has 1 saturated heterocycles. The topological polar surface area (TPSA) is 101 Å². The summed E-state index contributed by atoms with van der Waals surface area (Å²) in [6.07, 6.45) is 1.73. The average Bonchev–Trinajstić information content (AvgIpc) is 3.29. The van der Waals surface area contributed by atoms with E-state index in [2.05, 4.69) is 15.6 Å². The summed E-state index contributed by atoms with van der Waals surface area (Å²) in [7, 11) is 1.54. The van der Waals surface area contributed by atoms with E-state index in [0.29, 0.717) is 23.4 Å². The lowest BCUT2D eigenvalue weighted by Gasteiger charge is -2.31. The number of imide groups is 1. The third kappa shape index (κ3) is 3.40. The summed E-state index contributed by atoms with van der Waals surface area (Å²) in [5.74, 6) is -0.112. The Hall–Kier alpha value is -4.20. The van der Waals surface area contributed by atoms with Gasteiger partial charge in [-0.2, -0.15) is 0 Å². The van der Waals surface area contributed by atoms with Crippen molar-refractivity contribution in [2.75, 3.05) is 13.7 Å². The summed E-state index contributed by atoms with van der Waals surface area (Å²) in [6.45, 7) is 2.32. The highest BCUT2D eigenvalue weighted by molar-refractivity contribution is 6.08. The second-order valence-corrected chi connectivity index (χ2v) is 8.24. The van der Waals surface area contributed by atoms with E-state index < -0.39 is 17.5 Å². The summed E-state index contributed by atoms with van der Waals surface area (Å²) in [4.78, 5) is 44.3. The van der Waals surface area contributed by atoms with Crippen LogP contribution in [-0.2, 0) is 16.9 Å². The minimum absolute atomic E-state index is 0.00234. The highest BCUT2D eigenvalue weighted by Crippen LogP contribution is 2.33. The molecule has 0 radical (unpaired) electrons. The standard InChI is InChI=1S/C25H22N4O4/c1-15-4-3-11-26-21(15)16-5-8-18(9-6-16)25(23(31)27-24(32)28-25)14-29-13-17-7-10-19(33-2)12-20(17)22(29)30/h3-12H,13-14H2,1-2H3,(H2,27,28,31,32)/t25-/m0/s1. The number of benzene rings is 2. The highest BCUT2D eigenvalue weighted by Gasteiger charge is 2.50. The number of amides is 4. The predicted octanol–water partition coefficient (Wildman–Crippen LogP) is 2.76. The van der Waals surface area contributed by atoms with Crippen LogP contribution in [0.2, 0.25) is 0 Å². The van der Waals surface area contributed by atoms with Crippen LogP contribution in [0.1, 0.15) is 27.0 Å². The number of ether oxygens (including phenoxy) is 1. The van der Waals surface area contributed by atoms with Crippen molar-refractivity contribution in [3.8, 4) is 17.0 Å². The fourth-order valence-electron chi connectivity index (χ4n) is 4.48. The molecule has 3 heterocycles. The van der Waals surface area contributed by atoms with Crippen molar-refractivity contribution in [1.82, 2.24) is 20.5 Å². The van der Waals surface area contributed by atoms with Crippen LogP contribution in [-0.4, -0.2) is 41.4 Å². The van der Waals surface area contributed by atoms with Gasteiger partial charge in [0.2, 0.25) is 0 Å². The Morgan fingerprint density at radius 1 is 1.09 bits per heavy atom. The van der Waals surface area contributed by atoms with E-state index in [4.69, 9.17) is 4.74 Å². The monoisotopic (exact) mass is 442 g/mol. The molecular formula is C25H22N4O4. The van der Waals surface area contributed by atoms with E-state index in [-0.39, 0.29) is 12.5 Å². The predicted molar refractivity (Wildman–Crippen MR) is 120 cm³/mol. The van der Waals surface area contributed by atoms with Crippen molar-refractivity contribution < 1.29 is 19.1 Å². The number of rotatable bonds is 5. The largest absolute Gasteiger partial charge is 0.497 e. The van der Waals surface area contributed by atoms with E-state index in [0.717, 1.165) is 22.4 Å². The highest BCUT2D eigenvalue weighted by atomic mass is 16.5. The molecule has 0 saturated carbocycles. The maximum absolute atomic E-state index is 13.1. The van der Waals surface area contributed by atoms with Gasteiger partial charge in [-0.05, 0) is 41.8 Å². The quantitative estimate of drug-likeness (QED) is 0.592. The molecule has 0 spiro atoms. The number of carbonyl (C=O) groups excluding carboxylic acids is 3. The van der Waals surface area contributed by atoms with Crippen LogP contribution in [0.25, 0.3) is 11.3 Å². The zero-order valence-electron chi connectivity index (χ0n) is 18.2. The normalized spacial score (nSPS) is 19.3. The summed E-state index contributed by atoms with van der Waals surface area (Å²) in [5, 5.41) is 5.10. The number of nitrogens with zero attached hydrogens (tertiary/aromatic N) is 2. The van der Waals surface area contributed by atoms with Crippen LogP contribution in [0.5, 0.6) is 5.75 Å². The van der Waals surface area contributed by atoms with Crippen LogP contribution in [0, 0.1) is 6.92 Å². The van der Waals surface area contributed by atoms with Gasteiger partial charge in [0.1, 0.15) is 5.75 Å². The molecule has 1 atom stereocenters. The van der Waals surface area contributed by atoms with E-state index in [1.165, 1.54) is 0 Å². The number of aromatic nitrogens is 1. The molecule has 33 heavy (non-hydrogen) atoms. The van der Waals surface area contributed by atoms with E-state index in [9.17, 15) is 14.4 Å². The summed E-state index contributed by atoms with van der Waals surface area (Å²) in [6, 6.07) is 15.9. The number of pyridine rings is 1. The van der Waals surface area contributed by atoms with Crippen molar-refractivity contribution >= 4 is 17.8 Å². The number of methoxy groups -OCH3 is 1. The molecule has 3 aromatic rings. The van der Waals surface area contributed by atoms with Gasteiger partial charge >= 0.3 is 6.03 Å². The first-order valence-electron chi connectivity index (χ1n) is 10.5. The molecule has 1 aromatic heterocycles. The van der Waals surface area contributed by atoms with Crippen molar-refractivity contribution in [1.29, 1.82) is 0 Å². The molecule has 166 valence electrons. The van der Waals surface area contributed by atoms with Crippen LogP contribution >= 0.6 is 0 Å². The average molecular weight is 442 g/mol. The van der Waals surface area contributed by atoms with Gasteiger partial charge in [-0.15, -0.1) is 0 Å². The van der Waals surface area contributed by atoms with E-state index >= 15 is 0 Å². The Balaban J connectivity index is 1.49. The Morgan fingerprint density at radius 2 is 1.88 bits per heavy atom. The van der Waals surface area contributed by atoms with Crippen molar-refractivity contribution in [3.05, 3.63) is 83.0 Å². The molecule has 2 aromatic carbocycles. The Morgan fingerprint density at radius 3 is 2.55 bits per heavy atom. The lowest BCUT2D eigenvalue weighted by atomic mass is 9.88. The zero-order chi connectivity index (χ0) is 23.2. The first-order valence-corrected chi connectivity index (χ1v) is 10.5. The number of aryl methyl sites for hydroxylation is 1. The Kier molecular flexibility index (Phi) is 4.85. The van der Waals surface area contributed by atoms with Gasteiger partial charge in [-0.1, -0.05) is 36.4 Å². The van der Waals surface area contributed by atoms with Crippen molar-refractivity contribution in [3.63, 3.8) is 0 Å². The first-order chi connectivity index (χ1) is 15.9. The van der Waals surface area contributed by atoms with Gasteiger partial charge < -0.3 is 15.0 Å². The van der Waals surface area contributed by atoms with Crippen LogP contribution < -0.4 is 15.4 Å². The summed E-state index contributed by atoms with van der Waals surface area (Å²) < 4.78 is 5.24. The van der Waals surface area contributed by atoms with Crippen LogP contribution in [0.4, 0.5) is 4.79 Å². The number of nitrogens with one attached hydrogen (secondary N) is 2. The van der Waals surface area contributed by atoms with E-state index in [1.54, 1.807) is 42.5 Å². The zero-order valence-corrected chi connectivity index (χ0v) is 18.2. The minimum Gasteiger partial charge on any atom is -0.497 e. The molecule has 0 unspecified atom stereocenters. The second kappa shape index (κ2) is 7.74. The lowest BCUT2D eigenvalue weighted by molar-refractivity contribution is -0.124. The third-order valence-electron chi connectivity index (χ3n) is 6.23. The van der Waals surface area contributed by atoms with Crippen molar-refractivity contribution in [2.24, 2.45) is 0 Å². The number of hydrogen-bond acceptors (Lipinski definition) is 5. The minimum atomic E-state index is -1.39. The maximum Gasteiger partial charge on any atom is 0.322 e. The third-order valence-corrected chi connectivity index (χ3v) is 6.23. The van der Waals surface area contributed by atoms with Crippen molar-refractivity contribution in [2.45, 2.75) is 19.0 Å². The fraction of sp³-hybridized carbons (Fsp3) is 0.200. The number of urea groups is 1. The molecule has 0 bridgehead atoms. The Bertz CT molecular complexity index is 1290. The fourth-order valence-corrected chi connectivity index (χ4v) is 4.48. The SMILES string of the molecule is COc1ccc2c(c1)C(=O)N(C[C@@]1(c3ccc(-c4ncccc4C)cc3)NC(=O)NC1=O)C2. The maximum atomic E-state index is 13.1. The summed E-state index contributed by atoms with van der Waals surface area (Å²) in [5.41, 5.74) is 3.35. The smallest absolute Gasteiger partial charge is 0.322 e. The molecule has 8 nitrogen and oxygen atoms in total. The molecule has 8 heteroatoms. The number of hydrogen-bond donors (Lipinski definition) is 2. The number of fused-ring (bicyclic) bond motifs is 1. The van der Waals surface area contributed by atoms with Gasteiger partial charge in [0.15, 0.2) is 5.54 Å². The van der Waals surface area contributed by atoms with Gasteiger partial charge in [-0.25, -0.2) is 4.79 Å². The van der Waals surface area contributed by atoms with Gasteiger partial charge in [-0.3, -0.25) is 19.9 Å². The molecule has 4 amide bonds. The Labute approximate surface area is 190 Å². The molecule has 2 aliphatic rings. The van der Waals surface area contributed by atoms with Gasteiger partial charge in [0, 0.05) is 23.9 Å². The molecule has 2 N–H and O–H groups in total. The van der Waals surface area contributed by atoms with Crippen LogP contribution in [0.3, 0.4) is 0 Å². The first kappa shape index (κ1) is 20.7. The van der Waals surface area contributed by atoms with E-state index in [1.807, 2.05) is 37.3 Å².